The first-order valence-corrected chi connectivity index (χ1v) is 6.88. The highest BCUT2D eigenvalue weighted by atomic mass is 35.5. The molecular weight excluding hydrogens is 262 g/mol. The van der Waals surface area contributed by atoms with Crippen LogP contribution in [-0.2, 0) is 4.74 Å². The summed E-state index contributed by atoms with van der Waals surface area (Å²) in [4.78, 5) is 2.26. The molecule has 1 aliphatic heterocycles. The van der Waals surface area contributed by atoms with E-state index >= 15 is 0 Å². The summed E-state index contributed by atoms with van der Waals surface area (Å²) in [6.45, 7) is 2.73. The van der Waals surface area contributed by atoms with Crippen LogP contribution in [-0.4, -0.2) is 32.6 Å². The van der Waals surface area contributed by atoms with Crippen LogP contribution < -0.4 is 10.6 Å². The van der Waals surface area contributed by atoms with E-state index in [-0.39, 0.29) is 5.84 Å². The molecule has 1 aromatic rings. The number of halogens is 1. The maximum Gasteiger partial charge on any atom is 0.126 e. The molecule has 0 aromatic heterocycles. The highest BCUT2D eigenvalue weighted by Gasteiger charge is 2.22. The summed E-state index contributed by atoms with van der Waals surface area (Å²) in [7, 11) is 1.75. The van der Waals surface area contributed by atoms with E-state index in [2.05, 4.69) is 4.90 Å². The molecule has 5 heteroatoms. The van der Waals surface area contributed by atoms with Crippen molar-refractivity contribution in [3.05, 3.63) is 28.8 Å². The van der Waals surface area contributed by atoms with E-state index < -0.39 is 0 Å². The van der Waals surface area contributed by atoms with Crippen LogP contribution in [0.3, 0.4) is 0 Å². The number of nitrogens with two attached hydrogens (primary N) is 1. The van der Waals surface area contributed by atoms with Crippen molar-refractivity contribution >= 4 is 23.1 Å². The van der Waals surface area contributed by atoms with Gasteiger partial charge in [0.2, 0.25) is 0 Å². The number of nitrogens with zero attached hydrogens (tertiary/aromatic N) is 1. The van der Waals surface area contributed by atoms with Gasteiger partial charge in [0.25, 0.3) is 0 Å². The number of rotatable bonds is 4. The number of hydrogen-bond donors (Lipinski definition) is 2. The predicted octanol–water partition coefficient (Wildman–Crippen LogP) is 2.49. The van der Waals surface area contributed by atoms with Gasteiger partial charge in [0.05, 0.1) is 10.6 Å². The number of anilines is 1. The fourth-order valence-corrected chi connectivity index (χ4v) is 2.89. The molecule has 1 aromatic carbocycles. The van der Waals surface area contributed by atoms with Gasteiger partial charge in [-0.2, -0.15) is 0 Å². The molecule has 3 N–H and O–H groups in total. The number of nitrogen functional groups attached to an aromatic ring is 1. The van der Waals surface area contributed by atoms with E-state index in [0.29, 0.717) is 16.5 Å². The second kappa shape index (κ2) is 6.26. The first-order chi connectivity index (χ1) is 9.13. The quantitative estimate of drug-likeness (QED) is 0.658. The predicted molar refractivity (Wildman–Crippen MR) is 79.3 cm³/mol. The van der Waals surface area contributed by atoms with Crippen molar-refractivity contribution in [1.29, 1.82) is 5.41 Å². The number of hydrogen-bond acceptors (Lipinski definition) is 3. The van der Waals surface area contributed by atoms with Gasteiger partial charge in [-0.1, -0.05) is 17.7 Å². The molecule has 1 saturated heterocycles. The van der Waals surface area contributed by atoms with Crippen LogP contribution in [0.15, 0.2) is 18.2 Å². The minimum Gasteiger partial charge on any atom is -0.384 e. The zero-order valence-corrected chi connectivity index (χ0v) is 11.9. The summed E-state index contributed by atoms with van der Waals surface area (Å²) in [5.41, 5.74) is 7.27. The maximum absolute atomic E-state index is 7.69. The molecule has 4 nitrogen and oxygen atoms in total. The van der Waals surface area contributed by atoms with Gasteiger partial charge < -0.3 is 15.4 Å². The van der Waals surface area contributed by atoms with Crippen molar-refractivity contribution in [2.45, 2.75) is 12.8 Å². The highest BCUT2D eigenvalue weighted by Crippen LogP contribution is 2.30. The van der Waals surface area contributed by atoms with Crippen LogP contribution in [0, 0.1) is 11.3 Å². The first-order valence-electron chi connectivity index (χ1n) is 6.50. The van der Waals surface area contributed by atoms with Crippen molar-refractivity contribution in [2.24, 2.45) is 11.7 Å². The van der Waals surface area contributed by atoms with E-state index in [1.807, 2.05) is 12.1 Å². The Morgan fingerprint density at radius 2 is 2.16 bits per heavy atom. The molecule has 0 unspecified atom stereocenters. The number of piperidine rings is 1. The number of ether oxygens (including phenoxy) is 1. The molecule has 0 radical (unpaired) electrons. The summed E-state index contributed by atoms with van der Waals surface area (Å²) in [5.74, 6) is 0.654. The Morgan fingerprint density at radius 1 is 1.47 bits per heavy atom. The third-order valence-electron chi connectivity index (χ3n) is 3.62. The lowest BCUT2D eigenvalue weighted by Crippen LogP contribution is -2.36. The minimum absolute atomic E-state index is 0.0274. The van der Waals surface area contributed by atoms with Gasteiger partial charge in [-0.05, 0) is 30.9 Å². The van der Waals surface area contributed by atoms with Crippen molar-refractivity contribution in [2.75, 3.05) is 31.7 Å². The lowest BCUT2D eigenvalue weighted by Gasteiger charge is -2.34. The average Bonchev–Trinajstić information content (AvgIpc) is 2.39. The molecule has 1 heterocycles. The molecule has 104 valence electrons. The SMILES string of the molecule is COCC1CCN(c2cccc(Cl)c2C(=N)N)CC1. The van der Waals surface area contributed by atoms with Gasteiger partial charge in [-0.15, -0.1) is 0 Å². The Balaban J connectivity index is 2.15. The summed E-state index contributed by atoms with van der Waals surface area (Å²) in [5, 5.41) is 8.23. The minimum atomic E-state index is 0.0274. The average molecular weight is 282 g/mol. The van der Waals surface area contributed by atoms with E-state index in [4.69, 9.17) is 27.5 Å². The molecular formula is C14H20ClN3O. The molecule has 0 saturated carbocycles. The Morgan fingerprint density at radius 3 is 2.74 bits per heavy atom. The van der Waals surface area contributed by atoms with Crippen LogP contribution >= 0.6 is 11.6 Å². The van der Waals surface area contributed by atoms with Gasteiger partial charge in [-0.25, -0.2) is 0 Å². The lowest BCUT2D eigenvalue weighted by molar-refractivity contribution is 0.139. The van der Waals surface area contributed by atoms with Crippen LogP contribution in [0.4, 0.5) is 5.69 Å². The van der Waals surface area contributed by atoms with Crippen molar-refractivity contribution in [3.63, 3.8) is 0 Å². The molecule has 2 rings (SSSR count). The standard InChI is InChI=1S/C14H20ClN3O/c1-19-9-10-5-7-18(8-6-10)12-4-2-3-11(15)13(12)14(16)17/h2-4,10H,5-9H2,1H3,(H3,16,17). The summed E-state index contributed by atoms with van der Waals surface area (Å²) >= 11 is 6.15. The third-order valence-corrected chi connectivity index (χ3v) is 3.93. The van der Waals surface area contributed by atoms with Crippen LogP contribution in [0.1, 0.15) is 18.4 Å². The third kappa shape index (κ3) is 3.19. The molecule has 1 aliphatic rings. The van der Waals surface area contributed by atoms with E-state index in [0.717, 1.165) is 38.2 Å². The van der Waals surface area contributed by atoms with Crippen molar-refractivity contribution in [3.8, 4) is 0 Å². The summed E-state index contributed by atoms with van der Waals surface area (Å²) in [6.07, 6.45) is 2.19. The molecule has 19 heavy (non-hydrogen) atoms. The van der Waals surface area contributed by atoms with Crippen molar-refractivity contribution in [1.82, 2.24) is 0 Å². The van der Waals surface area contributed by atoms with Gasteiger partial charge in [0, 0.05) is 32.5 Å². The molecule has 0 amide bonds. The topological polar surface area (TPSA) is 62.3 Å². The Bertz CT molecular complexity index is 456. The molecule has 1 fully saturated rings. The number of methoxy groups -OCH3 is 1. The van der Waals surface area contributed by atoms with Gasteiger partial charge in [-0.3, -0.25) is 5.41 Å². The van der Waals surface area contributed by atoms with Crippen LogP contribution in [0.2, 0.25) is 5.02 Å². The molecule has 0 spiro atoms. The van der Waals surface area contributed by atoms with Gasteiger partial charge in [0.1, 0.15) is 5.84 Å². The normalized spacial score (nSPS) is 16.6. The van der Waals surface area contributed by atoms with Gasteiger partial charge in [0.15, 0.2) is 0 Å². The summed E-state index contributed by atoms with van der Waals surface area (Å²) < 4.78 is 5.21. The largest absolute Gasteiger partial charge is 0.384 e. The monoisotopic (exact) mass is 281 g/mol. The Hall–Kier alpha value is -1.26. The number of amidine groups is 1. The second-order valence-electron chi connectivity index (χ2n) is 4.93. The maximum atomic E-state index is 7.69. The second-order valence-corrected chi connectivity index (χ2v) is 5.34. The zero-order valence-electron chi connectivity index (χ0n) is 11.2. The van der Waals surface area contributed by atoms with E-state index in [1.54, 1.807) is 13.2 Å². The fraction of sp³-hybridized carbons (Fsp3) is 0.500. The number of benzene rings is 1. The molecule has 0 aliphatic carbocycles. The van der Waals surface area contributed by atoms with Crippen LogP contribution in [0.5, 0.6) is 0 Å². The highest BCUT2D eigenvalue weighted by molar-refractivity contribution is 6.34. The molecule has 0 bridgehead atoms. The lowest BCUT2D eigenvalue weighted by atomic mass is 9.96. The molecule has 0 atom stereocenters. The Labute approximate surface area is 119 Å². The Kier molecular flexibility index (Phi) is 4.66. The summed E-state index contributed by atoms with van der Waals surface area (Å²) in [6, 6.07) is 5.67. The van der Waals surface area contributed by atoms with Crippen LogP contribution in [0.25, 0.3) is 0 Å². The smallest absolute Gasteiger partial charge is 0.126 e. The van der Waals surface area contributed by atoms with E-state index in [9.17, 15) is 0 Å². The van der Waals surface area contributed by atoms with E-state index in [1.165, 1.54) is 0 Å². The van der Waals surface area contributed by atoms with Crippen molar-refractivity contribution < 1.29 is 4.74 Å². The number of nitrogens with one attached hydrogen (secondary N) is 1. The van der Waals surface area contributed by atoms with Gasteiger partial charge >= 0.3 is 0 Å². The zero-order chi connectivity index (χ0) is 13.8. The fourth-order valence-electron chi connectivity index (χ4n) is 2.62. The first kappa shape index (κ1) is 14.2.